The second-order valence-electron chi connectivity index (χ2n) is 7.85. The molecule has 0 spiro atoms. The molecule has 0 bridgehead atoms. The SMILES string of the molecule is Cc1cc(-c2ccccc2)nc(SCC(=O)N2CCN(S(=O)(=O)Cc3ccccc3)CC2)n1. The summed E-state index contributed by atoms with van der Waals surface area (Å²) in [6.07, 6.45) is 0. The highest BCUT2D eigenvalue weighted by Crippen LogP contribution is 2.22. The average molecular weight is 483 g/mol. The van der Waals surface area contributed by atoms with Crippen molar-refractivity contribution in [2.24, 2.45) is 0 Å². The molecule has 172 valence electrons. The first-order valence-corrected chi connectivity index (χ1v) is 13.3. The van der Waals surface area contributed by atoms with E-state index in [1.165, 1.54) is 16.1 Å². The quantitative estimate of drug-likeness (QED) is 0.380. The molecule has 4 rings (SSSR count). The number of nitrogens with zero attached hydrogens (tertiary/aromatic N) is 4. The molecule has 9 heteroatoms. The van der Waals surface area contributed by atoms with Crippen LogP contribution in [0, 0.1) is 6.92 Å². The van der Waals surface area contributed by atoms with Gasteiger partial charge in [-0.1, -0.05) is 72.4 Å². The second-order valence-corrected chi connectivity index (χ2v) is 10.8. The summed E-state index contributed by atoms with van der Waals surface area (Å²) in [6, 6.07) is 20.9. The highest BCUT2D eigenvalue weighted by Gasteiger charge is 2.29. The minimum Gasteiger partial charge on any atom is -0.339 e. The van der Waals surface area contributed by atoms with Crippen molar-refractivity contribution in [1.29, 1.82) is 0 Å². The zero-order valence-corrected chi connectivity index (χ0v) is 20.1. The molecule has 0 N–H and O–H groups in total. The second kappa shape index (κ2) is 10.5. The van der Waals surface area contributed by atoms with E-state index >= 15 is 0 Å². The normalized spacial score (nSPS) is 14.9. The zero-order chi connectivity index (χ0) is 23.3. The lowest BCUT2D eigenvalue weighted by molar-refractivity contribution is -0.129. The summed E-state index contributed by atoms with van der Waals surface area (Å²) < 4.78 is 26.9. The summed E-state index contributed by atoms with van der Waals surface area (Å²) in [4.78, 5) is 23.5. The molecular formula is C24H26N4O3S2. The van der Waals surface area contributed by atoms with Crippen molar-refractivity contribution in [2.75, 3.05) is 31.9 Å². The van der Waals surface area contributed by atoms with Crippen LogP contribution in [-0.4, -0.2) is 65.4 Å². The zero-order valence-electron chi connectivity index (χ0n) is 18.4. The number of carbonyl (C=O) groups excluding carboxylic acids is 1. The Balaban J connectivity index is 1.31. The van der Waals surface area contributed by atoms with E-state index in [0.29, 0.717) is 31.3 Å². The standard InChI is InChI=1S/C24H26N4O3S2/c1-19-16-22(21-10-6-3-7-11-21)26-24(25-19)32-17-23(29)27-12-14-28(15-13-27)33(30,31)18-20-8-4-2-5-9-20/h2-11,16H,12-15,17-18H2,1H3. The van der Waals surface area contributed by atoms with E-state index in [1.807, 2.05) is 73.7 Å². The summed E-state index contributed by atoms with van der Waals surface area (Å²) in [7, 11) is -3.41. The summed E-state index contributed by atoms with van der Waals surface area (Å²) in [6.45, 7) is 3.30. The Morgan fingerprint density at radius 1 is 0.939 bits per heavy atom. The summed E-state index contributed by atoms with van der Waals surface area (Å²) in [5, 5.41) is 0.561. The van der Waals surface area contributed by atoms with Crippen LogP contribution in [0.2, 0.25) is 0 Å². The molecule has 2 heterocycles. The van der Waals surface area contributed by atoms with Gasteiger partial charge in [0.1, 0.15) is 0 Å². The molecular weight excluding hydrogens is 456 g/mol. The Morgan fingerprint density at radius 2 is 1.58 bits per heavy atom. The van der Waals surface area contributed by atoms with E-state index in [0.717, 1.165) is 22.5 Å². The van der Waals surface area contributed by atoms with Crippen molar-refractivity contribution in [3.8, 4) is 11.3 Å². The molecule has 0 unspecified atom stereocenters. The topological polar surface area (TPSA) is 83.5 Å². The number of piperazine rings is 1. The fraction of sp³-hybridized carbons (Fsp3) is 0.292. The van der Waals surface area contributed by atoms with Gasteiger partial charge in [-0.2, -0.15) is 4.31 Å². The van der Waals surface area contributed by atoms with Crippen LogP contribution in [0.25, 0.3) is 11.3 Å². The van der Waals surface area contributed by atoms with E-state index < -0.39 is 10.0 Å². The number of aryl methyl sites for hydroxylation is 1. The number of thioether (sulfide) groups is 1. The lowest BCUT2D eigenvalue weighted by atomic mass is 10.1. The molecule has 3 aromatic rings. The van der Waals surface area contributed by atoms with E-state index in [9.17, 15) is 13.2 Å². The van der Waals surface area contributed by atoms with E-state index in [4.69, 9.17) is 0 Å². The Kier molecular flexibility index (Phi) is 7.42. The number of hydrogen-bond acceptors (Lipinski definition) is 6. The maximum absolute atomic E-state index is 12.7. The molecule has 1 aliphatic heterocycles. The fourth-order valence-corrected chi connectivity index (χ4v) is 5.99. The third-order valence-electron chi connectivity index (χ3n) is 5.40. The van der Waals surface area contributed by atoms with Gasteiger partial charge in [0.2, 0.25) is 15.9 Å². The van der Waals surface area contributed by atoms with Gasteiger partial charge in [-0.05, 0) is 18.6 Å². The summed E-state index contributed by atoms with van der Waals surface area (Å²) in [5.74, 6) is 0.159. The van der Waals surface area contributed by atoms with Gasteiger partial charge in [-0.15, -0.1) is 0 Å². The minimum absolute atomic E-state index is 0.0217. The lowest BCUT2D eigenvalue weighted by Gasteiger charge is -2.34. The van der Waals surface area contributed by atoms with Gasteiger partial charge in [0.15, 0.2) is 5.16 Å². The van der Waals surface area contributed by atoms with E-state index in [2.05, 4.69) is 9.97 Å². The molecule has 1 saturated heterocycles. The molecule has 0 radical (unpaired) electrons. The molecule has 0 atom stereocenters. The number of rotatable bonds is 7. The van der Waals surface area contributed by atoms with Crippen LogP contribution in [0.15, 0.2) is 71.9 Å². The Labute approximate surface area is 198 Å². The van der Waals surface area contributed by atoms with Crippen molar-refractivity contribution >= 4 is 27.7 Å². The van der Waals surface area contributed by atoms with E-state index in [-0.39, 0.29) is 17.4 Å². The monoisotopic (exact) mass is 482 g/mol. The van der Waals surface area contributed by atoms with Gasteiger partial charge in [0.05, 0.1) is 17.2 Å². The molecule has 1 aromatic heterocycles. The number of amides is 1. The smallest absolute Gasteiger partial charge is 0.233 e. The molecule has 1 amide bonds. The average Bonchev–Trinajstić information content (AvgIpc) is 2.83. The van der Waals surface area contributed by atoms with Gasteiger partial charge in [0, 0.05) is 37.4 Å². The van der Waals surface area contributed by atoms with Gasteiger partial charge in [-0.3, -0.25) is 4.79 Å². The molecule has 0 saturated carbocycles. The number of aromatic nitrogens is 2. The van der Waals surface area contributed by atoms with Crippen LogP contribution in [0.5, 0.6) is 0 Å². The van der Waals surface area contributed by atoms with Crippen molar-refractivity contribution in [2.45, 2.75) is 17.8 Å². The Morgan fingerprint density at radius 3 is 2.24 bits per heavy atom. The largest absolute Gasteiger partial charge is 0.339 e. The van der Waals surface area contributed by atoms with Gasteiger partial charge in [0.25, 0.3) is 0 Å². The van der Waals surface area contributed by atoms with Crippen LogP contribution in [0.1, 0.15) is 11.3 Å². The third kappa shape index (κ3) is 6.19. The van der Waals surface area contributed by atoms with Crippen LogP contribution in [0.4, 0.5) is 0 Å². The highest BCUT2D eigenvalue weighted by molar-refractivity contribution is 7.99. The van der Waals surface area contributed by atoms with Crippen LogP contribution >= 0.6 is 11.8 Å². The Bertz CT molecular complexity index is 1200. The first-order valence-electron chi connectivity index (χ1n) is 10.7. The predicted molar refractivity (Wildman–Crippen MR) is 130 cm³/mol. The van der Waals surface area contributed by atoms with Gasteiger partial charge in [-0.25, -0.2) is 18.4 Å². The summed E-state index contributed by atoms with van der Waals surface area (Å²) >= 11 is 1.31. The van der Waals surface area contributed by atoms with Crippen LogP contribution in [0.3, 0.4) is 0 Å². The predicted octanol–water partition coefficient (Wildman–Crippen LogP) is 3.22. The van der Waals surface area contributed by atoms with Crippen molar-refractivity contribution in [3.63, 3.8) is 0 Å². The minimum atomic E-state index is -3.41. The van der Waals surface area contributed by atoms with Crippen LogP contribution < -0.4 is 0 Å². The number of benzene rings is 2. The highest BCUT2D eigenvalue weighted by atomic mass is 32.2. The number of carbonyl (C=O) groups is 1. The van der Waals surface area contributed by atoms with Crippen molar-refractivity contribution < 1.29 is 13.2 Å². The molecule has 2 aromatic carbocycles. The van der Waals surface area contributed by atoms with Gasteiger partial charge >= 0.3 is 0 Å². The number of hydrogen-bond donors (Lipinski definition) is 0. The first-order chi connectivity index (χ1) is 15.9. The molecule has 0 aliphatic carbocycles. The van der Waals surface area contributed by atoms with Crippen LogP contribution in [-0.2, 0) is 20.6 Å². The van der Waals surface area contributed by atoms with Crippen molar-refractivity contribution in [3.05, 3.63) is 78.0 Å². The maximum atomic E-state index is 12.7. The molecule has 1 aliphatic rings. The van der Waals surface area contributed by atoms with Crippen molar-refractivity contribution in [1.82, 2.24) is 19.2 Å². The summed E-state index contributed by atoms with van der Waals surface area (Å²) in [5.41, 5.74) is 3.44. The van der Waals surface area contributed by atoms with Gasteiger partial charge < -0.3 is 4.90 Å². The molecule has 7 nitrogen and oxygen atoms in total. The maximum Gasteiger partial charge on any atom is 0.233 e. The first kappa shape index (κ1) is 23.4. The fourth-order valence-electron chi connectivity index (χ4n) is 3.67. The Hall–Kier alpha value is -2.75. The number of sulfonamides is 1. The molecule has 33 heavy (non-hydrogen) atoms. The molecule has 1 fully saturated rings. The third-order valence-corrected chi connectivity index (χ3v) is 8.09. The lowest BCUT2D eigenvalue weighted by Crippen LogP contribution is -2.51. The van der Waals surface area contributed by atoms with E-state index in [1.54, 1.807) is 4.90 Å².